The zero-order valence-corrected chi connectivity index (χ0v) is 12.8. The molecule has 5 nitrogen and oxygen atoms in total. The molecule has 120 valence electrons. The number of ether oxygens (including phenoxy) is 1. The molecule has 1 N–H and O–H groups in total. The quantitative estimate of drug-likeness (QED) is 0.814. The van der Waals surface area contributed by atoms with Crippen molar-refractivity contribution in [3.63, 3.8) is 0 Å². The first-order chi connectivity index (χ1) is 9.38. The summed E-state index contributed by atoms with van der Waals surface area (Å²) in [7, 11) is 0. The van der Waals surface area contributed by atoms with Crippen LogP contribution in [0.5, 0.6) is 0 Å². The van der Waals surface area contributed by atoms with Crippen molar-refractivity contribution < 1.29 is 23.1 Å². The van der Waals surface area contributed by atoms with E-state index in [0.29, 0.717) is 0 Å². The lowest BCUT2D eigenvalue weighted by Crippen LogP contribution is -2.53. The fourth-order valence-electron chi connectivity index (χ4n) is 2.24. The Bertz CT molecular complexity index is 446. The Morgan fingerprint density at radius 3 is 2.48 bits per heavy atom. The topological polar surface area (TPSA) is 58.6 Å². The number of nitrogens with zero attached hydrogens (tertiary/aromatic N) is 1. The van der Waals surface area contributed by atoms with Gasteiger partial charge in [0.2, 0.25) is 5.91 Å². The van der Waals surface area contributed by atoms with E-state index in [-0.39, 0.29) is 6.54 Å². The van der Waals surface area contributed by atoms with E-state index < -0.39 is 42.0 Å². The predicted octanol–water partition coefficient (Wildman–Crippen LogP) is 2.32. The van der Waals surface area contributed by atoms with Crippen LogP contribution in [0.4, 0.5) is 13.6 Å². The number of carbonyl (C=O) groups excluding carboxylic acids is 2. The maximum absolute atomic E-state index is 13.7. The van der Waals surface area contributed by atoms with E-state index in [1.165, 1.54) is 6.92 Å². The Balaban J connectivity index is 2.89. The largest absolute Gasteiger partial charge is 0.444 e. The highest BCUT2D eigenvalue weighted by atomic mass is 19.3. The molecule has 0 aromatic rings. The molecule has 1 atom stereocenters. The second kappa shape index (κ2) is 5.61. The number of likely N-dealkylation sites (tertiary alicyclic amines) is 1. The van der Waals surface area contributed by atoms with E-state index >= 15 is 0 Å². The normalized spacial score (nSPS) is 24.6. The molecule has 2 amide bonds. The first-order valence-electron chi connectivity index (χ1n) is 6.67. The summed E-state index contributed by atoms with van der Waals surface area (Å²) in [6, 6.07) is 0. The molecule has 21 heavy (non-hydrogen) atoms. The highest BCUT2D eigenvalue weighted by Crippen LogP contribution is 2.39. The van der Waals surface area contributed by atoms with Crippen LogP contribution in [0.3, 0.4) is 0 Å². The van der Waals surface area contributed by atoms with Gasteiger partial charge in [0.15, 0.2) is 0 Å². The van der Waals surface area contributed by atoms with Gasteiger partial charge in [-0.2, -0.15) is 0 Å². The highest BCUT2D eigenvalue weighted by Gasteiger charge is 2.55. The minimum atomic E-state index is -3.01. The van der Waals surface area contributed by atoms with Crippen molar-refractivity contribution in [3.8, 4) is 0 Å². The molecule has 1 rings (SSSR count). The van der Waals surface area contributed by atoms with Crippen molar-refractivity contribution in [1.82, 2.24) is 10.2 Å². The van der Waals surface area contributed by atoms with Crippen LogP contribution >= 0.6 is 0 Å². The van der Waals surface area contributed by atoms with E-state index in [0.717, 1.165) is 11.0 Å². The van der Waals surface area contributed by atoms with E-state index in [1.807, 2.05) is 0 Å². The molecule has 1 aliphatic heterocycles. The number of carbonyl (C=O) groups is 2. The lowest BCUT2D eigenvalue weighted by atomic mass is 9.98. The predicted molar refractivity (Wildman–Crippen MR) is 74.1 cm³/mol. The molecular formula is C14H22F2N2O3. The number of rotatable bonds is 3. The first-order valence-corrected chi connectivity index (χ1v) is 6.67. The maximum Gasteiger partial charge on any atom is 0.411 e. The second-order valence-electron chi connectivity index (χ2n) is 6.52. The lowest BCUT2D eigenvalue weighted by molar-refractivity contribution is -0.117. The van der Waals surface area contributed by atoms with Crippen LogP contribution in [0, 0.1) is 0 Å². The minimum absolute atomic E-state index is 0.0906. The van der Waals surface area contributed by atoms with Crippen LogP contribution < -0.4 is 5.32 Å². The van der Waals surface area contributed by atoms with Crippen molar-refractivity contribution in [1.29, 1.82) is 0 Å². The Labute approximate surface area is 123 Å². The Morgan fingerprint density at radius 1 is 1.43 bits per heavy atom. The maximum atomic E-state index is 13.7. The third-order valence-corrected chi connectivity index (χ3v) is 3.12. The Hall–Kier alpha value is -1.66. The number of hydrogen-bond donors (Lipinski definition) is 1. The summed E-state index contributed by atoms with van der Waals surface area (Å²) >= 11 is 0. The van der Waals surface area contributed by atoms with Gasteiger partial charge in [-0.05, 0) is 33.8 Å². The van der Waals surface area contributed by atoms with Crippen LogP contribution in [0.2, 0.25) is 0 Å². The SMILES string of the molecule is C=CC(=O)NCC1(C)CC(F)(F)CN1C(=O)OC(C)(C)C. The van der Waals surface area contributed by atoms with E-state index in [9.17, 15) is 18.4 Å². The molecule has 0 aliphatic carbocycles. The smallest absolute Gasteiger partial charge is 0.411 e. The summed E-state index contributed by atoms with van der Waals surface area (Å²) in [5.74, 6) is -3.49. The van der Waals surface area contributed by atoms with E-state index in [2.05, 4.69) is 11.9 Å². The standard InChI is InChI=1S/C14H22F2N2O3/c1-6-10(19)17-8-13(5)7-14(15,16)9-18(13)11(20)21-12(2,3)4/h6H,1,7-9H2,2-5H3,(H,17,19). The van der Waals surface area contributed by atoms with Crippen LogP contribution in [-0.2, 0) is 9.53 Å². The Morgan fingerprint density at radius 2 is 2.00 bits per heavy atom. The van der Waals surface area contributed by atoms with E-state index in [4.69, 9.17) is 4.74 Å². The average Bonchev–Trinajstić information content (AvgIpc) is 2.55. The summed E-state index contributed by atoms with van der Waals surface area (Å²) in [5, 5.41) is 2.46. The molecule has 1 fully saturated rings. The second-order valence-corrected chi connectivity index (χ2v) is 6.52. The van der Waals surface area contributed by atoms with Gasteiger partial charge >= 0.3 is 6.09 Å². The number of halogens is 2. The summed E-state index contributed by atoms with van der Waals surface area (Å²) < 4.78 is 32.6. The van der Waals surface area contributed by atoms with Crippen molar-refractivity contribution in [2.24, 2.45) is 0 Å². The fourth-order valence-corrected chi connectivity index (χ4v) is 2.24. The highest BCUT2D eigenvalue weighted by molar-refractivity contribution is 5.87. The van der Waals surface area contributed by atoms with Gasteiger partial charge in [-0.3, -0.25) is 9.69 Å². The number of hydrogen-bond acceptors (Lipinski definition) is 3. The summed E-state index contributed by atoms with van der Waals surface area (Å²) in [4.78, 5) is 24.3. The molecule has 7 heteroatoms. The van der Waals surface area contributed by atoms with Gasteiger partial charge < -0.3 is 10.1 Å². The molecule has 0 radical (unpaired) electrons. The summed E-state index contributed by atoms with van der Waals surface area (Å²) in [5.41, 5.74) is -1.98. The van der Waals surface area contributed by atoms with Gasteiger partial charge in [0.05, 0.1) is 12.1 Å². The molecular weight excluding hydrogens is 282 g/mol. The number of nitrogens with one attached hydrogen (secondary N) is 1. The molecule has 0 aromatic heterocycles. The molecule has 1 heterocycles. The van der Waals surface area contributed by atoms with Gasteiger partial charge in [0, 0.05) is 13.0 Å². The summed E-state index contributed by atoms with van der Waals surface area (Å²) in [6.07, 6.45) is -0.291. The zero-order valence-electron chi connectivity index (χ0n) is 12.8. The third-order valence-electron chi connectivity index (χ3n) is 3.12. The van der Waals surface area contributed by atoms with Crippen molar-refractivity contribution in [3.05, 3.63) is 12.7 Å². The molecule has 1 unspecified atom stereocenters. The third kappa shape index (κ3) is 4.68. The molecule has 0 bridgehead atoms. The van der Waals surface area contributed by atoms with Gasteiger partial charge in [0.25, 0.3) is 5.92 Å². The molecule has 0 aromatic carbocycles. The van der Waals surface area contributed by atoms with Crippen LogP contribution in [0.1, 0.15) is 34.1 Å². The van der Waals surface area contributed by atoms with Gasteiger partial charge in [-0.25, -0.2) is 13.6 Å². The molecule has 0 spiro atoms. The average molecular weight is 304 g/mol. The lowest BCUT2D eigenvalue weighted by Gasteiger charge is -2.35. The summed E-state index contributed by atoms with van der Waals surface area (Å²) in [6.45, 7) is 8.97. The zero-order chi connectivity index (χ0) is 16.5. The van der Waals surface area contributed by atoms with Crippen LogP contribution in [0.25, 0.3) is 0 Å². The monoisotopic (exact) mass is 304 g/mol. The van der Waals surface area contributed by atoms with E-state index in [1.54, 1.807) is 20.8 Å². The van der Waals surface area contributed by atoms with Crippen molar-refractivity contribution in [2.45, 2.75) is 51.2 Å². The van der Waals surface area contributed by atoms with Crippen molar-refractivity contribution in [2.75, 3.05) is 13.1 Å². The Kier molecular flexibility index (Phi) is 4.65. The molecule has 1 saturated heterocycles. The van der Waals surface area contributed by atoms with Crippen LogP contribution in [0.15, 0.2) is 12.7 Å². The molecule has 0 saturated carbocycles. The molecule has 1 aliphatic rings. The first kappa shape index (κ1) is 17.4. The number of alkyl halides is 2. The van der Waals surface area contributed by atoms with Gasteiger partial charge in [-0.1, -0.05) is 6.58 Å². The van der Waals surface area contributed by atoms with Crippen LogP contribution in [-0.4, -0.2) is 47.1 Å². The minimum Gasteiger partial charge on any atom is -0.444 e. The van der Waals surface area contributed by atoms with Gasteiger partial charge in [0.1, 0.15) is 5.60 Å². The van der Waals surface area contributed by atoms with Gasteiger partial charge in [-0.15, -0.1) is 0 Å². The number of amides is 2. The fraction of sp³-hybridized carbons (Fsp3) is 0.714. The van der Waals surface area contributed by atoms with Crippen molar-refractivity contribution >= 4 is 12.0 Å².